The maximum Gasteiger partial charge on any atom is 0.205 e. The van der Waals surface area contributed by atoms with Gasteiger partial charge in [0.25, 0.3) is 0 Å². The number of ether oxygens (including phenoxy) is 6. The number of benzene rings is 4. The normalized spacial score (nSPS) is 19.0. The van der Waals surface area contributed by atoms with Crippen LogP contribution in [0.1, 0.15) is 45.5 Å². The first-order valence-electron chi connectivity index (χ1n) is 16.0. The quantitative estimate of drug-likeness (QED) is 0.213. The second-order valence-corrected chi connectivity index (χ2v) is 13.3. The van der Waals surface area contributed by atoms with Crippen LogP contribution in [0.5, 0.6) is 46.0 Å². The molecule has 4 aromatic carbocycles. The topological polar surface area (TPSA) is 61.9 Å². The Morgan fingerprint density at radius 2 is 1.34 bits per heavy atom. The highest BCUT2D eigenvalue weighted by Crippen LogP contribution is 2.55. The number of fused-ring (bicyclic) bond motifs is 2. The Hall–Kier alpha value is -3.92. The lowest BCUT2D eigenvalue weighted by atomic mass is 9.87. The molecule has 4 aliphatic rings. The van der Waals surface area contributed by atoms with E-state index < -0.39 is 0 Å². The molecule has 246 valence electrons. The molecule has 0 radical (unpaired) electrons. The number of methoxy groups -OCH3 is 4. The molecule has 9 heteroatoms. The van der Waals surface area contributed by atoms with Crippen molar-refractivity contribution in [1.82, 2.24) is 9.80 Å². The average Bonchev–Trinajstić information content (AvgIpc) is 3.08. The fraction of sp³-hybridized carbons (Fsp3) is 0.368. The molecular weight excluding hydrogens is 660 g/mol. The molecule has 0 fully saturated rings. The third-order valence-corrected chi connectivity index (χ3v) is 10.8. The molecule has 0 aliphatic carbocycles. The fourth-order valence-electron chi connectivity index (χ4n) is 7.35. The molecule has 0 N–H and O–H groups in total. The summed E-state index contributed by atoms with van der Waals surface area (Å²) >= 11 is 3.89. The van der Waals surface area contributed by atoms with Crippen molar-refractivity contribution < 1.29 is 28.4 Å². The van der Waals surface area contributed by atoms with Crippen LogP contribution in [0.3, 0.4) is 0 Å². The van der Waals surface area contributed by atoms with Crippen molar-refractivity contribution in [2.75, 3.05) is 55.6 Å². The molecule has 4 heterocycles. The molecule has 0 amide bonds. The van der Waals surface area contributed by atoms with Gasteiger partial charge in [0.05, 0.1) is 32.9 Å². The van der Waals surface area contributed by atoms with Crippen molar-refractivity contribution in [2.45, 2.75) is 37.8 Å². The zero-order valence-electron chi connectivity index (χ0n) is 27.8. The summed E-state index contributed by atoms with van der Waals surface area (Å²) in [5, 5.41) is 0. The number of halogens is 1. The molecule has 47 heavy (non-hydrogen) atoms. The smallest absolute Gasteiger partial charge is 0.205 e. The van der Waals surface area contributed by atoms with Crippen LogP contribution < -0.4 is 28.4 Å². The highest BCUT2D eigenvalue weighted by atomic mass is 79.9. The van der Waals surface area contributed by atoms with Crippen molar-refractivity contribution in [3.05, 3.63) is 92.5 Å². The average molecular weight is 702 g/mol. The second kappa shape index (κ2) is 12.9. The van der Waals surface area contributed by atoms with Crippen LogP contribution in [-0.4, -0.2) is 65.4 Å². The summed E-state index contributed by atoms with van der Waals surface area (Å²) in [6.45, 7) is 1.82. The standard InChI is InChI=1S/C38H41BrN2O6/c1-40-15-13-24-20-31(43-4)33-21-27(24)28(40)17-22-7-10-25(11-8-22)46-32-19-23(9-12-30(32)42-3)18-29-34-26(14-16-41(29)2)35(39)37(44-5)38(45-6)36(34)47-33/h7-12,19-21,28-29H,13-18H2,1-6H3/t28-,29+/m0/s1. The first kappa shape index (κ1) is 31.7. The van der Waals surface area contributed by atoms with Gasteiger partial charge in [-0.25, -0.2) is 0 Å². The summed E-state index contributed by atoms with van der Waals surface area (Å²) < 4.78 is 38.2. The maximum atomic E-state index is 7.06. The van der Waals surface area contributed by atoms with Gasteiger partial charge in [-0.15, -0.1) is 0 Å². The van der Waals surface area contributed by atoms with Gasteiger partial charge in [-0.2, -0.15) is 0 Å². The summed E-state index contributed by atoms with van der Waals surface area (Å²) in [5.74, 6) is 5.28. The van der Waals surface area contributed by atoms with Crippen LogP contribution >= 0.6 is 15.9 Å². The van der Waals surface area contributed by atoms with E-state index in [0.717, 1.165) is 59.3 Å². The number of rotatable bonds is 4. The largest absolute Gasteiger partial charge is 0.493 e. The van der Waals surface area contributed by atoms with Crippen LogP contribution in [0.2, 0.25) is 0 Å². The summed E-state index contributed by atoms with van der Waals surface area (Å²) in [4.78, 5) is 4.80. The Balaban J connectivity index is 1.49. The van der Waals surface area contributed by atoms with Gasteiger partial charge in [0, 0.05) is 30.7 Å². The van der Waals surface area contributed by atoms with Gasteiger partial charge in [0.2, 0.25) is 5.75 Å². The number of likely N-dealkylation sites (N-methyl/N-ethyl adjacent to an activating group) is 2. The van der Waals surface area contributed by atoms with E-state index in [2.05, 4.69) is 76.2 Å². The second-order valence-electron chi connectivity index (χ2n) is 12.5. The minimum atomic E-state index is -0.0354. The van der Waals surface area contributed by atoms with Gasteiger partial charge < -0.3 is 28.4 Å². The molecule has 6 bridgehead atoms. The maximum absolute atomic E-state index is 7.06. The lowest BCUT2D eigenvalue weighted by molar-refractivity contribution is 0.219. The first-order valence-corrected chi connectivity index (χ1v) is 16.8. The SMILES string of the molecule is COc1ccc2cc1Oc1ccc(cc1)C[C@H]1c3cc(c(OC)cc3CCN1C)Oc1c(OC)c(OC)c(Br)c3c1[C@@H](C2)N(C)CC3. The van der Waals surface area contributed by atoms with E-state index in [1.165, 1.54) is 16.7 Å². The van der Waals surface area contributed by atoms with Crippen molar-refractivity contribution in [3.63, 3.8) is 0 Å². The monoisotopic (exact) mass is 700 g/mol. The number of nitrogens with zero attached hydrogens (tertiary/aromatic N) is 2. The van der Waals surface area contributed by atoms with Crippen LogP contribution in [-0.2, 0) is 25.7 Å². The van der Waals surface area contributed by atoms with Gasteiger partial charge in [0.1, 0.15) is 5.75 Å². The third-order valence-electron chi connectivity index (χ3n) is 9.93. The van der Waals surface area contributed by atoms with Crippen LogP contribution in [0.25, 0.3) is 0 Å². The summed E-state index contributed by atoms with van der Waals surface area (Å²) in [6, 6.07) is 19.0. The van der Waals surface area contributed by atoms with Crippen LogP contribution in [0, 0.1) is 0 Å². The Morgan fingerprint density at radius 3 is 2.06 bits per heavy atom. The molecule has 0 unspecified atom stereocenters. The fourth-order valence-corrected chi connectivity index (χ4v) is 8.10. The van der Waals surface area contributed by atoms with Crippen molar-refractivity contribution in [2.24, 2.45) is 0 Å². The van der Waals surface area contributed by atoms with Crippen LogP contribution in [0.4, 0.5) is 0 Å². The summed E-state index contributed by atoms with van der Waals surface area (Å²) in [7, 11) is 11.1. The molecule has 8 nitrogen and oxygen atoms in total. The number of hydrogen-bond acceptors (Lipinski definition) is 8. The van der Waals surface area contributed by atoms with Gasteiger partial charge in [-0.1, -0.05) is 18.2 Å². The minimum absolute atomic E-state index is 0.0354. The Bertz CT molecular complexity index is 1810. The summed E-state index contributed by atoms with van der Waals surface area (Å²) in [5.41, 5.74) is 7.05. The summed E-state index contributed by atoms with van der Waals surface area (Å²) in [6.07, 6.45) is 3.30. The predicted octanol–water partition coefficient (Wildman–Crippen LogP) is 7.92. The Labute approximate surface area is 285 Å². The van der Waals surface area contributed by atoms with Crippen LogP contribution in [0.15, 0.2) is 59.1 Å². The molecule has 0 saturated heterocycles. The van der Waals surface area contributed by atoms with E-state index >= 15 is 0 Å². The Morgan fingerprint density at radius 1 is 0.681 bits per heavy atom. The van der Waals surface area contributed by atoms with E-state index in [0.29, 0.717) is 46.7 Å². The van der Waals surface area contributed by atoms with Crippen molar-refractivity contribution in [1.29, 1.82) is 0 Å². The molecular formula is C38H41BrN2O6. The minimum Gasteiger partial charge on any atom is -0.493 e. The Kier molecular flexibility index (Phi) is 8.72. The van der Waals surface area contributed by atoms with E-state index in [-0.39, 0.29) is 12.1 Å². The van der Waals surface area contributed by atoms with Gasteiger partial charge in [0.15, 0.2) is 34.5 Å². The molecule has 0 aromatic heterocycles. The van der Waals surface area contributed by atoms with Gasteiger partial charge >= 0.3 is 0 Å². The number of hydrogen-bond donors (Lipinski definition) is 0. The predicted molar refractivity (Wildman–Crippen MR) is 185 cm³/mol. The van der Waals surface area contributed by atoms with Gasteiger partial charge in [-0.3, -0.25) is 9.80 Å². The first-order chi connectivity index (χ1) is 22.8. The lowest BCUT2D eigenvalue weighted by Crippen LogP contribution is -2.34. The zero-order valence-corrected chi connectivity index (χ0v) is 29.4. The zero-order chi connectivity index (χ0) is 32.8. The van der Waals surface area contributed by atoms with E-state index in [4.69, 9.17) is 28.4 Å². The van der Waals surface area contributed by atoms with E-state index in [9.17, 15) is 0 Å². The molecule has 0 spiro atoms. The third kappa shape index (κ3) is 5.68. The molecule has 4 aromatic rings. The van der Waals surface area contributed by atoms with Crippen molar-refractivity contribution in [3.8, 4) is 46.0 Å². The van der Waals surface area contributed by atoms with E-state index in [1.807, 2.05) is 18.2 Å². The van der Waals surface area contributed by atoms with Gasteiger partial charge in [-0.05, 0) is 120 Å². The van der Waals surface area contributed by atoms with Crippen molar-refractivity contribution >= 4 is 15.9 Å². The molecule has 4 aliphatic heterocycles. The highest BCUT2D eigenvalue weighted by molar-refractivity contribution is 9.10. The van der Waals surface area contributed by atoms with E-state index in [1.54, 1.807) is 28.4 Å². The highest BCUT2D eigenvalue weighted by Gasteiger charge is 2.36. The molecule has 2 atom stereocenters. The molecule has 8 rings (SSSR count). The molecule has 0 saturated carbocycles. The lowest BCUT2D eigenvalue weighted by Gasteiger charge is -2.38.